The first-order valence-corrected chi connectivity index (χ1v) is 9.51. The van der Waals surface area contributed by atoms with Crippen LogP contribution in [-0.4, -0.2) is 25.9 Å². The van der Waals surface area contributed by atoms with Crippen molar-refractivity contribution in [1.29, 1.82) is 0 Å². The molecule has 0 saturated carbocycles. The van der Waals surface area contributed by atoms with Gasteiger partial charge in [-0.15, -0.1) is 10.2 Å². The predicted octanol–water partition coefficient (Wildman–Crippen LogP) is 3.98. The van der Waals surface area contributed by atoms with Crippen LogP contribution in [0.25, 0.3) is 11.4 Å². The Hall–Kier alpha value is -2.67. The lowest BCUT2D eigenvalue weighted by Crippen LogP contribution is -2.33. The first kappa shape index (κ1) is 19.1. The molecule has 1 amide bonds. The number of hydrogen-bond donors (Lipinski definition) is 1. The van der Waals surface area contributed by atoms with E-state index in [0.29, 0.717) is 16.5 Å². The molecule has 2 aromatic carbocycles. The van der Waals surface area contributed by atoms with Gasteiger partial charge in [0.25, 0.3) is 0 Å². The minimum atomic E-state index is -0.368. The molecule has 27 heavy (non-hydrogen) atoms. The Morgan fingerprint density at radius 1 is 1.07 bits per heavy atom. The van der Waals surface area contributed by atoms with Crippen LogP contribution >= 0.6 is 11.8 Å². The van der Waals surface area contributed by atoms with Gasteiger partial charge in [-0.25, -0.2) is 4.39 Å². The number of amides is 1. The van der Waals surface area contributed by atoms with E-state index in [1.807, 2.05) is 44.2 Å². The summed E-state index contributed by atoms with van der Waals surface area (Å²) in [6.07, 6.45) is 0. The van der Waals surface area contributed by atoms with E-state index in [9.17, 15) is 9.18 Å². The quantitative estimate of drug-likeness (QED) is 0.653. The fourth-order valence-corrected chi connectivity index (χ4v) is 3.49. The average molecular weight is 384 g/mol. The van der Waals surface area contributed by atoms with Crippen LogP contribution in [0.3, 0.4) is 0 Å². The van der Waals surface area contributed by atoms with Crippen molar-refractivity contribution in [3.63, 3.8) is 0 Å². The largest absolute Gasteiger partial charge is 0.349 e. The second kappa shape index (κ2) is 8.35. The maximum absolute atomic E-state index is 14.0. The van der Waals surface area contributed by atoms with E-state index in [1.54, 1.807) is 29.8 Å². The van der Waals surface area contributed by atoms with Gasteiger partial charge < -0.3 is 9.88 Å². The first-order chi connectivity index (χ1) is 13.0. The van der Waals surface area contributed by atoms with Gasteiger partial charge in [-0.1, -0.05) is 54.2 Å². The van der Waals surface area contributed by atoms with Crippen molar-refractivity contribution < 1.29 is 9.18 Å². The maximum Gasteiger partial charge on any atom is 0.233 e. The first-order valence-electron chi connectivity index (χ1n) is 8.63. The average Bonchev–Trinajstić information content (AvgIpc) is 3.03. The van der Waals surface area contributed by atoms with Crippen LogP contribution in [-0.2, 0) is 11.8 Å². The smallest absolute Gasteiger partial charge is 0.233 e. The van der Waals surface area contributed by atoms with Gasteiger partial charge in [0.05, 0.1) is 16.9 Å². The number of benzene rings is 2. The van der Waals surface area contributed by atoms with E-state index in [1.165, 1.54) is 17.8 Å². The summed E-state index contributed by atoms with van der Waals surface area (Å²) in [5.41, 5.74) is 1.43. The summed E-state index contributed by atoms with van der Waals surface area (Å²) in [5, 5.41) is 11.4. The van der Waals surface area contributed by atoms with Crippen molar-refractivity contribution in [2.24, 2.45) is 7.05 Å². The fraction of sp³-hybridized carbons (Fsp3) is 0.250. The second-order valence-electron chi connectivity index (χ2n) is 6.25. The monoisotopic (exact) mass is 384 g/mol. The van der Waals surface area contributed by atoms with Crippen LogP contribution in [0.5, 0.6) is 0 Å². The number of rotatable bonds is 6. The van der Waals surface area contributed by atoms with Crippen LogP contribution in [0.2, 0.25) is 0 Å². The molecule has 1 aromatic heterocycles. The van der Waals surface area contributed by atoms with Crippen LogP contribution < -0.4 is 5.32 Å². The molecule has 0 saturated heterocycles. The lowest BCUT2D eigenvalue weighted by molar-refractivity contribution is -0.120. The van der Waals surface area contributed by atoms with Crippen LogP contribution in [0.15, 0.2) is 59.8 Å². The lowest BCUT2D eigenvalue weighted by atomic mass is 10.1. The number of nitrogens with zero attached hydrogens (tertiary/aromatic N) is 3. The molecule has 1 heterocycles. The van der Waals surface area contributed by atoms with Gasteiger partial charge in [-0.05, 0) is 31.5 Å². The predicted molar refractivity (Wildman–Crippen MR) is 105 cm³/mol. The van der Waals surface area contributed by atoms with E-state index in [4.69, 9.17) is 0 Å². The number of carbonyl (C=O) groups excluding carboxylic acids is 1. The van der Waals surface area contributed by atoms with Crippen LogP contribution in [0.4, 0.5) is 4.39 Å². The van der Waals surface area contributed by atoms with Gasteiger partial charge in [-0.3, -0.25) is 4.79 Å². The zero-order valence-electron chi connectivity index (χ0n) is 15.4. The molecule has 0 radical (unpaired) electrons. The fourth-order valence-electron chi connectivity index (χ4n) is 2.66. The molecular weight excluding hydrogens is 363 g/mol. The highest BCUT2D eigenvalue weighted by molar-refractivity contribution is 8.00. The van der Waals surface area contributed by atoms with Gasteiger partial charge >= 0.3 is 0 Å². The molecule has 5 nitrogen and oxygen atoms in total. The summed E-state index contributed by atoms with van der Waals surface area (Å²) in [7, 11) is 1.77. The third kappa shape index (κ3) is 4.36. The van der Waals surface area contributed by atoms with E-state index >= 15 is 0 Å². The standard InChI is InChI=1S/C20H21FN4OS/c1-13(15-9-5-4-6-10-15)22-19(26)14(2)27-20-24-23-18(25(20)3)16-11-7-8-12-17(16)21/h4-14H,1-3H3,(H,22,26). The van der Waals surface area contributed by atoms with Gasteiger partial charge in [0.1, 0.15) is 5.82 Å². The summed E-state index contributed by atoms with van der Waals surface area (Å²) < 4.78 is 15.7. The molecule has 0 bridgehead atoms. The van der Waals surface area contributed by atoms with E-state index in [2.05, 4.69) is 15.5 Å². The van der Waals surface area contributed by atoms with Crippen molar-refractivity contribution in [1.82, 2.24) is 20.1 Å². The van der Waals surface area contributed by atoms with Crippen LogP contribution in [0, 0.1) is 5.82 Å². The number of nitrogens with one attached hydrogen (secondary N) is 1. The Bertz CT molecular complexity index is 929. The molecule has 0 aliphatic carbocycles. The second-order valence-corrected chi connectivity index (χ2v) is 7.55. The Labute approximate surface area is 162 Å². The minimum absolute atomic E-state index is 0.0878. The van der Waals surface area contributed by atoms with Crippen LogP contribution in [0.1, 0.15) is 25.5 Å². The van der Waals surface area contributed by atoms with Gasteiger partial charge in [0, 0.05) is 7.05 Å². The number of carbonyl (C=O) groups is 1. The summed E-state index contributed by atoms with van der Waals surface area (Å²) in [6, 6.07) is 16.1. The molecule has 2 unspecified atom stereocenters. The zero-order chi connectivity index (χ0) is 19.4. The normalized spacial score (nSPS) is 13.2. The SMILES string of the molecule is CC(Sc1nnc(-c2ccccc2F)n1C)C(=O)NC(C)c1ccccc1. The Morgan fingerprint density at radius 2 is 1.74 bits per heavy atom. The van der Waals surface area contributed by atoms with Crippen molar-refractivity contribution in [2.45, 2.75) is 30.3 Å². The number of thioether (sulfide) groups is 1. The lowest BCUT2D eigenvalue weighted by Gasteiger charge is -2.17. The third-order valence-electron chi connectivity index (χ3n) is 4.26. The Morgan fingerprint density at radius 3 is 2.44 bits per heavy atom. The molecule has 0 fully saturated rings. The van der Waals surface area contributed by atoms with Crippen molar-refractivity contribution >= 4 is 17.7 Å². The van der Waals surface area contributed by atoms with Crippen molar-refractivity contribution in [3.8, 4) is 11.4 Å². The van der Waals surface area contributed by atoms with E-state index in [0.717, 1.165) is 5.56 Å². The zero-order valence-corrected chi connectivity index (χ0v) is 16.2. The topological polar surface area (TPSA) is 59.8 Å². The summed E-state index contributed by atoms with van der Waals surface area (Å²) >= 11 is 1.29. The minimum Gasteiger partial charge on any atom is -0.349 e. The Kier molecular flexibility index (Phi) is 5.91. The summed E-state index contributed by atoms with van der Waals surface area (Å²) in [6.45, 7) is 3.76. The third-order valence-corrected chi connectivity index (χ3v) is 5.39. The Balaban J connectivity index is 1.68. The molecule has 3 aromatic rings. The van der Waals surface area contributed by atoms with Gasteiger partial charge in [0.15, 0.2) is 11.0 Å². The summed E-state index contributed by atoms with van der Waals surface area (Å²) in [4.78, 5) is 12.5. The molecule has 1 N–H and O–H groups in total. The molecule has 3 rings (SSSR count). The molecule has 7 heteroatoms. The van der Waals surface area contributed by atoms with Crippen molar-refractivity contribution in [3.05, 3.63) is 66.0 Å². The molecular formula is C20H21FN4OS. The highest BCUT2D eigenvalue weighted by Gasteiger charge is 2.21. The van der Waals surface area contributed by atoms with E-state index < -0.39 is 0 Å². The maximum atomic E-state index is 14.0. The number of halogens is 1. The van der Waals surface area contributed by atoms with Crippen molar-refractivity contribution in [2.75, 3.05) is 0 Å². The van der Waals surface area contributed by atoms with E-state index in [-0.39, 0.29) is 23.0 Å². The molecule has 0 aliphatic rings. The number of hydrogen-bond acceptors (Lipinski definition) is 4. The molecule has 140 valence electrons. The summed E-state index contributed by atoms with van der Waals surface area (Å²) in [5.74, 6) is -0.0142. The molecule has 2 atom stereocenters. The highest BCUT2D eigenvalue weighted by atomic mass is 32.2. The number of aromatic nitrogens is 3. The molecule has 0 aliphatic heterocycles. The highest BCUT2D eigenvalue weighted by Crippen LogP contribution is 2.27. The van der Waals surface area contributed by atoms with Gasteiger partial charge in [0.2, 0.25) is 5.91 Å². The molecule has 0 spiro atoms. The van der Waals surface area contributed by atoms with Gasteiger partial charge in [-0.2, -0.15) is 0 Å².